The molecule has 0 aromatic carbocycles. The van der Waals surface area contributed by atoms with Gasteiger partial charge in [-0.3, -0.25) is 4.68 Å². The Morgan fingerprint density at radius 3 is 2.50 bits per heavy atom. The molecule has 2 aromatic heterocycles. The van der Waals surface area contributed by atoms with E-state index in [2.05, 4.69) is 55.8 Å². The highest BCUT2D eigenvalue weighted by molar-refractivity contribution is 5.45. The Balaban J connectivity index is 1.42. The Bertz CT molecular complexity index is 784. The molecule has 0 bridgehead atoms. The van der Waals surface area contributed by atoms with Crippen molar-refractivity contribution in [1.29, 1.82) is 0 Å². The fourth-order valence-electron chi connectivity index (χ4n) is 4.31. The van der Waals surface area contributed by atoms with Crippen LogP contribution in [-0.2, 0) is 4.74 Å². The van der Waals surface area contributed by atoms with E-state index in [0.29, 0.717) is 12.1 Å². The van der Waals surface area contributed by atoms with Crippen molar-refractivity contribution in [2.24, 2.45) is 0 Å². The summed E-state index contributed by atoms with van der Waals surface area (Å²) in [6.07, 6.45) is 6.29. The summed E-state index contributed by atoms with van der Waals surface area (Å²) in [6, 6.07) is 4.92. The van der Waals surface area contributed by atoms with Gasteiger partial charge in [0.05, 0.1) is 23.9 Å². The van der Waals surface area contributed by atoms with Crippen LogP contribution in [0.4, 0.5) is 11.8 Å². The van der Waals surface area contributed by atoms with Crippen LogP contribution in [0.3, 0.4) is 0 Å². The van der Waals surface area contributed by atoms with Gasteiger partial charge in [0.2, 0.25) is 5.95 Å². The summed E-state index contributed by atoms with van der Waals surface area (Å²) in [5, 5.41) is 4.58. The van der Waals surface area contributed by atoms with Crippen molar-refractivity contribution < 1.29 is 4.74 Å². The molecular formula is C20H31N7O. The predicted molar refractivity (Wildman–Crippen MR) is 110 cm³/mol. The maximum Gasteiger partial charge on any atom is 0.227 e. The molecule has 4 rings (SSSR count). The summed E-state index contributed by atoms with van der Waals surface area (Å²) in [7, 11) is 6.01. The van der Waals surface area contributed by atoms with Crippen LogP contribution < -0.4 is 9.80 Å². The van der Waals surface area contributed by atoms with Gasteiger partial charge in [-0.25, -0.2) is 4.98 Å². The first kappa shape index (κ1) is 19.1. The second kappa shape index (κ2) is 8.05. The molecule has 8 heteroatoms. The van der Waals surface area contributed by atoms with Crippen LogP contribution in [0.1, 0.15) is 24.6 Å². The molecule has 4 heterocycles. The quantitative estimate of drug-likeness (QED) is 0.774. The number of rotatable bonds is 5. The number of piperidine rings is 1. The van der Waals surface area contributed by atoms with Gasteiger partial charge in [-0.15, -0.1) is 0 Å². The summed E-state index contributed by atoms with van der Waals surface area (Å²) >= 11 is 0. The van der Waals surface area contributed by atoms with E-state index in [-0.39, 0.29) is 6.10 Å². The SMILES string of the molecule is CO[C@@H]1CN(c2ccnc(N3CCC(n4ccc(C)n4)CC3)n2)C[C@@H]1N(C)C. The fourth-order valence-corrected chi connectivity index (χ4v) is 4.31. The van der Waals surface area contributed by atoms with E-state index < -0.39 is 0 Å². The first-order valence-corrected chi connectivity index (χ1v) is 10.1. The van der Waals surface area contributed by atoms with Gasteiger partial charge in [-0.1, -0.05) is 0 Å². The van der Waals surface area contributed by atoms with Crippen molar-refractivity contribution >= 4 is 11.8 Å². The van der Waals surface area contributed by atoms with Crippen molar-refractivity contribution in [1.82, 2.24) is 24.6 Å². The number of likely N-dealkylation sites (N-methyl/N-ethyl adjacent to an activating group) is 1. The number of methoxy groups -OCH3 is 1. The van der Waals surface area contributed by atoms with Crippen LogP contribution in [0.5, 0.6) is 0 Å². The molecule has 0 radical (unpaired) electrons. The van der Waals surface area contributed by atoms with Crippen molar-refractivity contribution in [2.75, 3.05) is 57.2 Å². The van der Waals surface area contributed by atoms with Crippen molar-refractivity contribution in [3.05, 3.63) is 30.2 Å². The highest BCUT2D eigenvalue weighted by atomic mass is 16.5. The summed E-state index contributed by atoms with van der Waals surface area (Å²) in [5.41, 5.74) is 1.08. The maximum absolute atomic E-state index is 5.69. The number of anilines is 2. The van der Waals surface area contributed by atoms with Crippen LogP contribution in [0.2, 0.25) is 0 Å². The summed E-state index contributed by atoms with van der Waals surface area (Å²) < 4.78 is 7.81. The summed E-state index contributed by atoms with van der Waals surface area (Å²) in [4.78, 5) is 16.3. The Morgan fingerprint density at radius 1 is 1.11 bits per heavy atom. The second-order valence-electron chi connectivity index (χ2n) is 8.08. The summed E-state index contributed by atoms with van der Waals surface area (Å²) in [5.74, 6) is 1.82. The highest BCUT2D eigenvalue weighted by Gasteiger charge is 2.35. The Kier molecular flexibility index (Phi) is 5.50. The molecule has 0 amide bonds. The topological polar surface area (TPSA) is 62.6 Å². The molecule has 0 aliphatic carbocycles. The molecule has 8 nitrogen and oxygen atoms in total. The second-order valence-corrected chi connectivity index (χ2v) is 8.08. The number of ether oxygens (including phenoxy) is 1. The fraction of sp³-hybridized carbons (Fsp3) is 0.650. The van der Waals surface area contributed by atoms with E-state index in [1.807, 2.05) is 19.2 Å². The average molecular weight is 386 g/mol. The zero-order chi connectivity index (χ0) is 19.7. The molecule has 0 spiro atoms. The smallest absolute Gasteiger partial charge is 0.227 e. The molecule has 2 aliphatic rings. The van der Waals surface area contributed by atoms with Gasteiger partial charge in [-0.05, 0) is 46.0 Å². The third-order valence-electron chi connectivity index (χ3n) is 6.02. The van der Waals surface area contributed by atoms with Gasteiger partial charge >= 0.3 is 0 Å². The molecule has 0 N–H and O–H groups in total. The first-order valence-electron chi connectivity index (χ1n) is 10.1. The van der Waals surface area contributed by atoms with E-state index in [0.717, 1.165) is 56.5 Å². The molecule has 0 saturated carbocycles. The molecule has 2 aliphatic heterocycles. The van der Waals surface area contributed by atoms with Gasteiger partial charge in [0, 0.05) is 45.7 Å². The standard InChI is InChI=1S/C20H31N7O/c1-15-6-12-27(23-15)16-7-10-25(11-8-16)20-21-9-5-19(22-20)26-13-17(24(2)3)18(14-26)28-4/h5-6,9,12,16-18H,7-8,10-11,13-14H2,1-4H3/t17-,18+/m0/s1. The van der Waals surface area contributed by atoms with Gasteiger partial charge in [-0.2, -0.15) is 10.1 Å². The van der Waals surface area contributed by atoms with Crippen LogP contribution in [0, 0.1) is 6.92 Å². The predicted octanol–water partition coefficient (Wildman–Crippen LogP) is 1.59. The maximum atomic E-state index is 5.69. The zero-order valence-corrected chi connectivity index (χ0v) is 17.3. The van der Waals surface area contributed by atoms with Crippen LogP contribution >= 0.6 is 0 Å². The third kappa shape index (κ3) is 3.84. The minimum Gasteiger partial charge on any atom is -0.378 e. The lowest BCUT2D eigenvalue weighted by Gasteiger charge is -2.32. The van der Waals surface area contributed by atoms with Crippen LogP contribution in [0.25, 0.3) is 0 Å². The molecule has 2 fully saturated rings. The lowest BCUT2D eigenvalue weighted by Crippen LogP contribution is -2.39. The Morgan fingerprint density at radius 2 is 1.89 bits per heavy atom. The molecule has 2 atom stereocenters. The lowest BCUT2D eigenvalue weighted by atomic mass is 10.1. The van der Waals surface area contributed by atoms with Gasteiger partial charge < -0.3 is 19.4 Å². The molecule has 2 saturated heterocycles. The lowest BCUT2D eigenvalue weighted by molar-refractivity contribution is 0.0639. The van der Waals surface area contributed by atoms with Crippen LogP contribution in [-0.4, -0.2) is 84.2 Å². The van der Waals surface area contributed by atoms with Crippen molar-refractivity contribution in [3.63, 3.8) is 0 Å². The van der Waals surface area contributed by atoms with Gasteiger partial charge in [0.15, 0.2) is 0 Å². The Labute approximate surface area is 167 Å². The molecule has 152 valence electrons. The Hall–Kier alpha value is -2.19. The molecule has 2 aromatic rings. The largest absolute Gasteiger partial charge is 0.378 e. The molecule has 0 unspecified atom stereocenters. The normalized spacial score (nSPS) is 23.8. The number of hydrogen-bond acceptors (Lipinski definition) is 7. The van der Waals surface area contributed by atoms with Crippen molar-refractivity contribution in [2.45, 2.75) is 38.0 Å². The van der Waals surface area contributed by atoms with Gasteiger partial charge in [0.1, 0.15) is 5.82 Å². The number of hydrogen-bond donors (Lipinski definition) is 0. The van der Waals surface area contributed by atoms with E-state index >= 15 is 0 Å². The number of aromatic nitrogens is 4. The van der Waals surface area contributed by atoms with E-state index in [1.54, 1.807) is 7.11 Å². The minimum absolute atomic E-state index is 0.196. The zero-order valence-electron chi connectivity index (χ0n) is 17.3. The first-order chi connectivity index (χ1) is 13.5. The highest BCUT2D eigenvalue weighted by Crippen LogP contribution is 2.27. The number of aryl methyl sites for hydroxylation is 1. The summed E-state index contributed by atoms with van der Waals surface area (Å²) in [6.45, 7) is 5.72. The van der Waals surface area contributed by atoms with E-state index in [9.17, 15) is 0 Å². The van der Waals surface area contributed by atoms with Crippen molar-refractivity contribution in [3.8, 4) is 0 Å². The van der Waals surface area contributed by atoms with Crippen LogP contribution in [0.15, 0.2) is 24.5 Å². The average Bonchev–Trinajstić information content (AvgIpc) is 3.35. The monoisotopic (exact) mass is 385 g/mol. The van der Waals surface area contributed by atoms with E-state index in [4.69, 9.17) is 9.72 Å². The molecule has 28 heavy (non-hydrogen) atoms. The van der Waals surface area contributed by atoms with Gasteiger partial charge in [0.25, 0.3) is 0 Å². The molecular weight excluding hydrogens is 354 g/mol. The minimum atomic E-state index is 0.196. The van der Waals surface area contributed by atoms with E-state index in [1.165, 1.54) is 0 Å². The third-order valence-corrected chi connectivity index (χ3v) is 6.02. The number of nitrogens with zero attached hydrogens (tertiary/aromatic N) is 7.